The predicted molar refractivity (Wildman–Crippen MR) is 78.5 cm³/mol. The zero-order chi connectivity index (χ0) is 15.5. The van der Waals surface area contributed by atoms with Gasteiger partial charge in [-0.3, -0.25) is 9.89 Å². The van der Waals surface area contributed by atoms with Gasteiger partial charge >= 0.3 is 6.03 Å². The summed E-state index contributed by atoms with van der Waals surface area (Å²) in [7, 11) is 0. The highest BCUT2D eigenvalue weighted by Gasteiger charge is 2.11. The molecule has 0 bridgehead atoms. The number of carbonyl (C=O) groups is 2. The zero-order valence-corrected chi connectivity index (χ0v) is 11.7. The van der Waals surface area contributed by atoms with Crippen molar-refractivity contribution in [2.45, 2.75) is 13.5 Å². The minimum atomic E-state index is -0.379. The van der Waals surface area contributed by atoms with E-state index in [-0.39, 0.29) is 18.4 Å². The quantitative estimate of drug-likeness (QED) is 0.638. The fourth-order valence-corrected chi connectivity index (χ4v) is 2.03. The maximum Gasteiger partial charge on any atom is 0.319 e. The second-order valence-electron chi connectivity index (χ2n) is 4.69. The van der Waals surface area contributed by atoms with E-state index in [1.165, 1.54) is 13.2 Å². The highest BCUT2D eigenvalue weighted by molar-refractivity contribution is 6.06. The van der Waals surface area contributed by atoms with Crippen LogP contribution in [-0.2, 0) is 6.54 Å². The van der Waals surface area contributed by atoms with Crippen LogP contribution in [0.3, 0.4) is 0 Å². The smallest absolute Gasteiger partial charge is 0.319 e. The first-order valence-corrected chi connectivity index (χ1v) is 6.56. The first kappa shape index (κ1) is 13.8. The maximum atomic E-state index is 11.8. The van der Waals surface area contributed by atoms with E-state index in [1.54, 1.807) is 24.3 Å². The van der Waals surface area contributed by atoms with Gasteiger partial charge in [0, 0.05) is 24.1 Å². The Hall–Kier alpha value is -3.16. The number of benzene rings is 1. The number of aromatic amines is 1. The van der Waals surface area contributed by atoms with Crippen LogP contribution in [0.15, 0.2) is 35.1 Å². The largest absolute Gasteiger partial charge is 0.364 e. The second-order valence-corrected chi connectivity index (χ2v) is 4.69. The van der Waals surface area contributed by atoms with Gasteiger partial charge in [-0.05, 0) is 18.2 Å². The number of ketones is 1. The summed E-state index contributed by atoms with van der Waals surface area (Å²) < 4.78 is 4.68. The number of hydrogen-bond donors (Lipinski definition) is 3. The van der Waals surface area contributed by atoms with E-state index in [9.17, 15) is 9.59 Å². The van der Waals surface area contributed by atoms with E-state index in [2.05, 4.69) is 30.5 Å². The average molecular weight is 299 g/mol. The highest BCUT2D eigenvalue weighted by atomic mass is 16.5. The van der Waals surface area contributed by atoms with Gasteiger partial charge in [-0.25, -0.2) is 4.79 Å². The van der Waals surface area contributed by atoms with Crippen LogP contribution in [0, 0.1) is 0 Å². The number of aromatic nitrogens is 3. The number of urea groups is 1. The Labute approximate surface area is 124 Å². The fourth-order valence-electron chi connectivity index (χ4n) is 2.03. The summed E-state index contributed by atoms with van der Waals surface area (Å²) in [6.07, 6.45) is 1.44. The summed E-state index contributed by atoms with van der Waals surface area (Å²) >= 11 is 0. The number of carbonyl (C=O) groups excluding carboxylic acids is 2. The molecular weight excluding hydrogens is 286 g/mol. The number of nitrogens with zero attached hydrogens (tertiary/aromatic N) is 2. The van der Waals surface area contributed by atoms with Gasteiger partial charge in [0.05, 0.1) is 12.1 Å². The Bertz CT molecular complexity index is 822. The molecule has 3 N–H and O–H groups in total. The molecule has 22 heavy (non-hydrogen) atoms. The number of nitrogens with one attached hydrogen (secondary N) is 3. The summed E-state index contributed by atoms with van der Waals surface area (Å²) in [6.45, 7) is 1.70. The standard InChI is InChI=1S/C14H13N5O3/c1-8(20)13-11-6-9(2-3-12(11)17-18-13)16-14(21)15-7-10-4-5-22-19-10/h2-6H,7H2,1H3,(H,17,18)(H2,15,16,21). The lowest BCUT2D eigenvalue weighted by atomic mass is 10.1. The molecule has 0 fully saturated rings. The lowest BCUT2D eigenvalue weighted by Crippen LogP contribution is -2.28. The van der Waals surface area contributed by atoms with Crippen LogP contribution >= 0.6 is 0 Å². The Kier molecular flexibility index (Phi) is 3.57. The van der Waals surface area contributed by atoms with Crippen LogP contribution in [0.5, 0.6) is 0 Å². The fraction of sp³-hybridized carbons (Fsp3) is 0.143. The number of fused-ring (bicyclic) bond motifs is 1. The van der Waals surface area contributed by atoms with Gasteiger partial charge in [0.25, 0.3) is 0 Å². The molecule has 112 valence electrons. The minimum absolute atomic E-state index is 0.140. The molecule has 3 aromatic rings. The summed E-state index contributed by atoms with van der Waals surface area (Å²) in [5, 5.41) is 16.4. The lowest BCUT2D eigenvalue weighted by Gasteiger charge is -2.06. The van der Waals surface area contributed by atoms with Crippen LogP contribution in [0.1, 0.15) is 23.1 Å². The van der Waals surface area contributed by atoms with Crippen LogP contribution in [0.25, 0.3) is 10.9 Å². The van der Waals surface area contributed by atoms with Crippen molar-refractivity contribution in [3.8, 4) is 0 Å². The van der Waals surface area contributed by atoms with Crippen molar-refractivity contribution in [2.24, 2.45) is 0 Å². The molecule has 2 amide bonds. The molecule has 0 aliphatic heterocycles. The third-order valence-corrected chi connectivity index (χ3v) is 3.08. The lowest BCUT2D eigenvalue weighted by molar-refractivity contribution is 0.101. The van der Waals surface area contributed by atoms with Crippen molar-refractivity contribution in [3.05, 3.63) is 41.9 Å². The SMILES string of the molecule is CC(=O)c1n[nH]c2ccc(NC(=O)NCc3ccon3)cc12. The monoisotopic (exact) mass is 299 g/mol. The topological polar surface area (TPSA) is 113 Å². The van der Waals surface area contributed by atoms with Crippen molar-refractivity contribution < 1.29 is 14.1 Å². The van der Waals surface area contributed by atoms with Crippen molar-refractivity contribution in [2.75, 3.05) is 5.32 Å². The molecule has 8 heteroatoms. The van der Waals surface area contributed by atoms with Crippen molar-refractivity contribution in [1.29, 1.82) is 0 Å². The van der Waals surface area contributed by atoms with E-state index in [0.29, 0.717) is 22.5 Å². The molecule has 0 saturated heterocycles. The first-order chi connectivity index (χ1) is 10.6. The maximum absolute atomic E-state index is 11.8. The molecule has 0 saturated carbocycles. The molecule has 8 nitrogen and oxygen atoms in total. The number of rotatable bonds is 4. The normalized spacial score (nSPS) is 10.6. The summed E-state index contributed by atoms with van der Waals surface area (Å²) in [5.41, 5.74) is 2.27. The second kappa shape index (κ2) is 5.68. The number of hydrogen-bond acceptors (Lipinski definition) is 5. The van der Waals surface area contributed by atoms with Crippen molar-refractivity contribution in [3.63, 3.8) is 0 Å². The van der Waals surface area contributed by atoms with Crippen molar-refractivity contribution >= 4 is 28.4 Å². The van der Waals surface area contributed by atoms with E-state index < -0.39 is 0 Å². The van der Waals surface area contributed by atoms with E-state index >= 15 is 0 Å². The zero-order valence-electron chi connectivity index (χ0n) is 11.7. The van der Waals surface area contributed by atoms with Gasteiger partial charge in [-0.1, -0.05) is 5.16 Å². The molecule has 0 radical (unpaired) electrons. The summed E-state index contributed by atoms with van der Waals surface area (Å²) in [5.74, 6) is -0.140. The third kappa shape index (κ3) is 2.80. The van der Waals surface area contributed by atoms with E-state index in [4.69, 9.17) is 0 Å². The van der Waals surface area contributed by atoms with Gasteiger partial charge in [0.2, 0.25) is 0 Å². The van der Waals surface area contributed by atoms with E-state index in [0.717, 1.165) is 5.52 Å². The molecule has 0 unspecified atom stereocenters. The Morgan fingerprint density at radius 2 is 2.18 bits per heavy atom. The van der Waals surface area contributed by atoms with Crippen LogP contribution < -0.4 is 10.6 Å². The third-order valence-electron chi connectivity index (χ3n) is 3.08. The number of anilines is 1. The van der Waals surface area contributed by atoms with Gasteiger partial charge in [0.15, 0.2) is 5.78 Å². The summed E-state index contributed by atoms with van der Waals surface area (Å²) in [6, 6.07) is 6.46. The number of H-pyrrole nitrogens is 1. The molecule has 0 aliphatic carbocycles. The molecule has 2 heterocycles. The Morgan fingerprint density at radius 3 is 2.91 bits per heavy atom. The molecule has 0 aliphatic rings. The molecule has 0 atom stereocenters. The van der Waals surface area contributed by atoms with Crippen molar-refractivity contribution in [1.82, 2.24) is 20.7 Å². The van der Waals surface area contributed by atoms with Crippen LogP contribution in [-0.4, -0.2) is 27.2 Å². The molecule has 1 aromatic carbocycles. The number of amides is 2. The predicted octanol–water partition coefficient (Wildman–Crippen LogP) is 2.08. The van der Waals surface area contributed by atoms with Gasteiger partial charge in [0.1, 0.15) is 17.7 Å². The van der Waals surface area contributed by atoms with Gasteiger partial charge in [-0.2, -0.15) is 5.10 Å². The Balaban J connectivity index is 1.71. The van der Waals surface area contributed by atoms with Gasteiger partial charge < -0.3 is 15.2 Å². The average Bonchev–Trinajstić information content (AvgIpc) is 3.14. The molecular formula is C14H13N5O3. The van der Waals surface area contributed by atoms with Crippen LogP contribution in [0.2, 0.25) is 0 Å². The molecule has 0 spiro atoms. The Morgan fingerprint density at radius 1 is 1.32 bits per heavy atom. The summed E-state index contributed by atoms with van der Waals surface area (Å²) in [4.78, 5) is 23.3. The molecule has 3 rings (SSSR count). The van der Waals surface area contributed by atoms with E-state index in [1.807, 2.05) is 0 Å². The van der Waals surface area contributed by atoms with Crippen LogP contribution in [0.4, 0.5) is 10.5 Å². The van der Waals surface area contributed by atoms with Gasteiger partial charge in [-0.15, -0.1) is 0 Å². The first-order valence-electron chi connectivity index (χ1n) is 6.56. The molecule has 2 aromatic heterocycles. The number of Topliss-reactive ketones (excluding diaryl/α,β-unsaturated/α-hetero) is 1. The highest BCUT2D eigenvalue weighted by Crippen LogP contribution is 2.21. The minimum Gasteiger partial charge on any atom is -0.364 e.